The summed E-state index contributed by atoms with van der Waals surface area (Å²) in [6, 6.07) is 8.52. The lowest BCUT2D eigenvalue weighted by Gasteiger charge is -2.28. The summed E-state index contributed by atoms with van der Waals surface area (Å²) < 4.78 is 5.44. The molecular formula is C20H29N5O. The molecule has 1 aromatic heterocycles. The van der Waals surface area contributed by atoms with E-state index in [0.29, 0.717) is 5.95 Å². The van der Waals surface area contributed by atoms with Gasteiger partial charge >= 0.3 is 0 Å². The molecular weight excluding hydrogens is 326 g/mol. The number of nitrogens with one attached hydrogen (secondary N) is 1. The van der Waals surface area contributed by atoms with Crippen LogP contribution < -0.4 is 15.1 Å². The van der Waals surface area contributed by atoms with Crippen molar-refractivity contribution in [1.82, 2.24) is 9.97 Å². The van der Waals surface area contributed by atoms with E-state index < -0.39 is 0 Å². The fourth-order valence-corrected chi connectivity index (χ4v) is 3.26. The van der Waals surface area contributed by atoms with Gasteiger partial charge in [0.2, 0.25) is 5.95 Å². The molecule has 2 aromatic rings. The minimum Gasteiger partial charge on any atom is -0.378 e. The number of hydrogen-bond acceptors (Lipinski definition) is 6. The standard InChI is InChI=1S/C20H29N5O/c1-5-24(6-2)17-7-8-18(15(3)13-17)22-20-21-16(4)14-19(23-20)25-9-11-26-12-10-25/h7-8,13-14H,5-6,9-12H2,1-4H3,(H,21,22,23). The molecule has 0 saturated carbocycles. The average molecular weight is 355 g/mol. The minimum atomic E-state index is 0.644. The van der Waals surface area contributed by atoms with Crippen LogP contribution in [0.2, 0.25) is 0 Å². The molecule has 0 radical (unpaired) electrons. The Morgan fingerprint density at radius 1 is 1.08 bits per heavy atom. The van der Waals surface area contributed by atoms with Gasteiger partial charge in [0.05, 0.1) is 13.2 Å². The first kappa shape index (κ1) is 18.5. The highest BCUT2D eigenvalue weighted by atomic mass is 16.5. The Morgan fingerprint density at radius 2 is 1.81 bits per heavy atom. The van der Waals surface area contributed by atoms with E-state index in [-0.39, 0.29) is 0 Å². The van der Waals surface area contributed by atoms with Crippen LogP contribution in [-0.4, -0.2) is 49.4 Å². The predicted molar refractivity (Wildman–Crippen MR) is 108 cm³/mol. The molecule has 0 spiro atoms. The number of benzene rings is 1. The number of rotatable bonds is 6. The lowest BCUT2D eigenvalue weighted by Crippen LogP contribution is -2.36. The van der Waals surface area contributed by atoms with Gasteiger partial charge in [-0.3, -0.25) is 0 Å². The van der Waals surface area contributed by atoms with Crippen LogP contribution in [0.15, 0.2) is 24.3 Å². The Kier molecular flexibility index (Phi) is 5.93. The molecule has 1 saturated heterocycles. The summed E-state index contributed by atoms with van der Waals surface area (Å²) in [6.07, 6.45) is 0. The molecule has 1 fully saturated rings. The van der Waals surface area contributed by atoms with E-state index >= 15 is 0 Å². The van der Waals surface area contributed by atoms with Crippen LogP contribution in [0.25, 0.3) is 0 Å². The molecule has 6 nitrogen and oxygen atoms in total. The topological polar surface area (TPSA) is 53.5 Å². The van der Waals surface area contributed by atoms with Crippen molar-refractivity contribution in [2.45, 2.75) is 27.7 Å². The molecule has 6 heteroatoms. The summed E-state index contributed by atoms with van der Waals surface area (Å²) in [5.41, 5.74) is 4.44. The van der Waals surface area contributed by atoms with E-state index in [9.17, 15) is 0 Å². The molecule has 0 unspecified atom stereocenters. The van der Waals surface area contributed by atoms with Crippen molar-refractivity contribution in [3.8, 4) is 0 Å². The van der Waals surface area contributed by atoms with Gasteiger partial charge in [0.15, 0.2) is 0 Å². The molecule has 0 aliphatic carbocycles. The van der Waals surface area contributed by atoms with Crippen LogP contribution in [0.1, 0.15) is 25.1 Å². The van der Waals surface area contributed by atoms with Gasteiger partial charge in [-0.2, -0.15) is 4.98 Å². The van der Waals surface area contributed by atoms with Crippen LogP contribution in [0, 0.1) is 13.8 Å². The molecule has 0 atom stereocenters. The normalized spacial score (nSPS) is 14.4. The number of nitrogens with zero attached hydrogens (tertiary/aromatic N) is 4. The monoisotopic (exact) mass is 355 g/mol. The van der Waals surface area contributed by atoms with E-state index in [2.05, 4.69) is 59.1 Å². The molecule has 2 heterocycles. The second-order valence-electron chi connectivity index (χ2n) is 6.59. The van der Waals surface area contributed by atoms with Crippen LogP contribution >= 0.6 is 0 Å². The quantitative estimate of drug-likeness (QED) is 0.856. The van der Waals surface area contributed by atoms with Gasteiger partial charge < -0.3 is 19.9 Å². The van der Waals surface area contributed by atoms with Crippen molar-refractivity contribution in [1.29, 1.82) is 0 Å². The number of ether oxygens (including phenoxy) is 1. The second-order valence-corrected chi connectivity index (χ2v) is 6.59. The summed E-state index contributed by atoms with van der Waals surface area (Å²) in [5, 5.41) is 3.40. The van der Waals surface area contributed by atoms with Crippen LogP contribution in [0.3, 0.4) is 0 Å². The van der Waals surface area contributed by atoms with Crippen LogP contribution in [-0.2, 0) is 4.74 Å². The Labute approximate surface area is 156 Å². The largest absolute Gasteiger partial charge is 0.378 e. The van der Waals surface area contributed by atoms with Crippen molar-refractivity contribution in [3.05, 3.63) is 35.5 Å². The van der Waals surface area contributed by atoms with Gasteiger partial charge in [0.25, 0.3) is 0 Å². The molecule has 1 aromatic carbocycles. The highest BCUT2D eigenvalue weighted by Crippen LogP contribution is 2.25. The molecule has 140 valence electrons. The lowest BCUT2D eigenvalue weighted by atomic mass is 10.1. The van der Waals surface area contributed by atoms with E-state index in [1.165, 1.54) is 11.3 Å². The number of aryl methyl sites for hydroxylation is 2. The van der Waals surface area contributed by atoms with Crippen molar-refractivity contribution in [3.63, 3.8) is 0 Å². The van der Waals surface area contributed by atoms with Crippen LogP contribution in [0.5, 0.6) is 0 Å². The molecule has 0 bridgehead atoms. The molecule has 0 amide bonds. The van der Waals surface area contributed by atoms with Gasteiger partial charge in [0.1, 0.15) is 5.82 Å². The number of morpholine rings is 1. The fraction of sp³-hybridized carbons (Fsp3) is 0.500. The third-order valence-electron chi connectivity index (χ3n) is 4.76. The summed E-state index contributed by atoms with van der Waals surface area (Å²) >= 11 is 0. The van der Waals surface area contributed by atoms with Crippen molar-refractivity contribution in [2.75, 3.05) is 54.5 Å². The zero-order valence-electron chi connectivity index (χ0n) is 16.2. The second kappa shape index (κ2) is 8.36. The molecule has 1 aliphatic heterocycles. The summed E-state index contributed by atoms with van der Waals surface area (Å²) in [7, 11) is 0. The smallest absolute Gasteiger partial charge is 0.229 e. The van der Waals surface area contributed by atoms with Crippen molar-refractivity contribution < 1.29 is 4.74 Å². The highest BCUT2D eigenvalue weighted by Gasteiger charge is 2.14. The third kappa shape index (κ3) is 4.25. The molecule has 1 aliphatic rings. The Morgan fingerprint density at radius 3 is 2.46 bits per heavy atom. The first-order chi connectivity index (χ1) is 12.6. The zero-order valence-corrected chi connectivity index (χ0v) is 16.2. The molecule has 26 heavy (non-hydrogen) atoms. The Balaban J connectivity index is 1.81. The number of anilines is 4. The van der Waals surface area contributed by atoms with Gasteiger partial charge in [-0.1, -0.05) is 0 Å². The van der Waals surface area contributed by atoms with Gasteiger partial charge in [0, 0.05) is 49.3 Å². The van der Waals surface area contributed by atoms with Crippen molar-refractivity contribution >= 4 is 23.1 Å². The maximum Gasteiger partial charge on any atom is 0.229 e. The van der Waals surface area contributed by atoms with E-state index in [1.54, 1.807) is 0 Å². The van der Waals surface area contributed by atoms with E-state index in [0.717, 1.165) is 56.6 Å². The summed E-state index contributed by atoms with van der Waals surface area (Å²) in [6.45, 7) is 13.7. The minimum absolute atomic E-state index is 0.644. The zero-order chi connectivity index (χ0) is 18.5. The lowest BCUT2D eigenvalue weighted by molar-refractivity contribution is 0.122. The van der Waals surface area contributed by atoms with Gasteiger partial charge in [-0.15, -0.1) is 0 Å². The SMILES string of the molecule is CCN(CC)c1ccc(Nc2nc(C)cc(N3CCOCC3)n2)c(C)c1. The molecule has 1 N–H and O–H groups in total. The Bertz CT molecular complexity index is 739. The maximum absolute atomic E-state index is 5.44. The summed E-state index contributed by atoms with van der Waals surface area (Å²) in [5.74, 6) is 1.60. The first-order valence-electron chi connectivity index (χ1n) is 9.41. The number of aromatic nitrogens is 2. The van der Waals surface area contributed by atoms with Gasteiger partial charge in [-0.05, 0) is 51.5 Å². The molecule has 3 rings (SSSR count). The maximum atomic E-state index is 5.44. The van der Waals surface area contributed by atoms with E-state index in [1.807, 2.05) is 13.0 Å². The Hall–Kier alpha value is -2.34. The van der Waals surface area contributed by atoms with Crippen molar-refractivity contribution in [2.24, 2.45) is 0 Å². The van der Waals surface area contributed by atoms with E-state index in [4.69, 9.17) is 9.72 Å². The predicted octanol–water partition coefficient (Wildman–Crippen LogP) is 3.52. The fourth-order valence-electron chi connectivity index (χ4n) is 3.26. The average Bonchev–Trinajstić information content (AvgIpc) is 2.65. The third-order valence-corrected chi connectivity index (χ3v) is 4.76. The van der Waals surface area contributed by atoms with Gasteiger partial charge in [-0.25, -0.2) is 4.98 Å². The highest BCUT2D eigenvalue weighted by molar-refractivity contribution is 5.64. The summed E-state index contributed by atoms with van der Waals surface area (Å²) in [4.78, 5) is 13.9. The first-order valence-corrected chi connectivity index (χ1v) is 9.41. The number of hydrogen-bond donors (Lipinski definition) is 1. The van der Waals surface area contributed by atoms with Crippen LogP contribution in [0.4, 0.5) is 23.1 Å².